The van der Waals surface area contributed by atoms with Gasteiger partial charge in [-0.1, -0.05) is 13.8 Å². The molecule has 3 fully saturated rings. The maximum Gasteiger partial charge on any atom is 0.375 e. The third kappa shape index (κ3) is 2.91. The van der Waals surface area contributed by atoms with Gasteiger partial charge in [-0.25, -0.2) is 9.18 Å². The molecule has 4 aliphatic carbocycles. The quantitative estimate of drug-likeness (QED) is 0.413. The first kappa shape index (κ1) is 24.3. The molecule has 7 atom stereocenters. The summed E-state index contributed by atoms with van der Waals surface area (Å²) >= 11 is 0.0254. The average molecular weight is 505 g/mol. The van der Waals surface area contributed by atoms with Crippen LogP contribution < -0.4 is 0 Å². The average Bonchev–Trinajstić information content (AvgIpc) is 3.42. The van der Waals surface area contributed by atoms with Crippen molar-refractivity contribution in [3.8, 4) is 0 Å². The molecule has 188 valence electrons. The van der Waals surface area contributed by atoms with Crippen LogP contribution in [0.25, 0.3) is 0 Å². The molecule has 7 nitrogen and oxygen atoms in total. The Bertz CT molecular complexity index is 1160. The summed E-state index contributed by atoms with van der Waals surface area (Å²) in [4.78, 5) is 39.5. The summed E-state index contributed by atoms with van der Waals surface area (Å²) < 4.78 is 38.2. The highest BCUT2D eigenvalue weighted by Gasteiger charge is 2.76. The van der Waals surface area contributed by atoms with E-state index in [4.69, 9.17) is 9.15 Å². The summed E-state index contributed by atoms with van der Waals surface area (Å²) in [6.45, 7) is 5.25. The molecule has 0 radical (unpaired) electrons. The maximum atomic E-state index is 17.2. The van der Waals surface area contributed by atoms with Crippen molar-refractivity contribution < 1.29 is 37.6 Å². The molecule has 5 rings (SSSR count). The fraction of sp³-hybridized carbons (Fsp3) is 0.577. The van der Waals surface area contributed by atoms with Gasteiger partial charge in [-0.2, -0.15) is 0 Å². The van der Waals surface area contributed by atoms with E-state index in [-0.39, 0.29) is 42.3 Å². The number of carbonyl (C=O) groups excluding carboxylic acids is 3. The van der Waals surface area contributed by atoms with E-state index in [2.05, 4.69) is 0 Å². The molecule has 0 aromatic carbocycles. The SMILES string of the molecule is C[C@@H]1CC2C3CCC4=CC(O)=CC(=O)[C@]4(C)[C@@]3(F)CC[C@]2(C)[C@@]1(OC(=O)c1ccco1)C(=O)SO. The number of hydrogen-bond acceptors (Lipinski definition) is 8. The van der Waals surface area contributed by atoms with Crippen molar-refractivity contribution in [2.45, 2.75) is 64.1 Å². The number of allylic oxidation sites excluding steroid dienone is 3. The third-order valence-electron chi connectivity index (χ3n) is 9.70. The molecule has 4 aliphatic rings. The molecule has 1 aromatic rings. The zero-order valence-electron chi connectivity index (χ0n) is 19.9. The molecule has 2 N–H and O–H groups in total. The fourth-order valence-corrected chi connectivity index (χ4v) is 8.49. The van der Waals surface area contributed by atoms with Gasteiger partial charge in [-0.05, 0) is 74.6 Å². The third-order valence-corrected chi connectivity index (χ3v) is 10.2. The van der Waals surface area contributed by atoms with E-state index < -0.39 is 50.8 Å². The summed E-state index contributed by atoms with van der Waals surface area (Å²) in [6, 6.07) is 2.97. The van der Waals surface area contributed by atoms with Crippen LogP contribution in [0.5, 0.6) is 0 Å². The molecule has 0 aliphatic heterocycles. The number of aliphatic hydroxyl groups is 1. The van der Waals surface area contributed by atoms with Crippen molar-refractivity contribution in [3.63, 3.8) is 0 Å². The molecule has 1 heterocycles. The molecule has 0 spiro atoms. The van der Waals surface area contributed by atoms with E-state index in [1.54, 1.807) is 13.8 Å². The number of ether oxygens (including phenoxy) is 1. The highest BCUT2D eigenvalue weighted by molar-refractivity contribution is 8.09. The van der Waals surface area contributed by atoms with Gasteiger partial charge < -0.3 is 18.8 Å². The van der Waals surface area contributed by atoms with Crippen LogP contribution in [0.4, 0.5) is 4.39 Å². The van der Waals surface area contributed by atoms with Gasteiger partial charge in [0.1, 0.15) is 11.4 Å². The van der Waals surface area contributed by atoms with Crippen LogP contribution in [0.15, 0.2) is 46.3 Å². The zero-order chi connectivity index (χ0) is 25.4. The van der Waals surface area contributed by atoms with Gasteiger partial charge >= 0.3 is 5.97 Å². The van der Waals surface area contributed by atoms with Gasteiger partial charge in [-0.3, -0.25) is 9.59 Å². The Kier molecular flexibility index (Phi) is 5.42. The first-order valence-electron chi connectivity index (χ1n) is 11.9. The van der Waals surface area contributed by atoms with Crippen LogP contribution in [-0.2, 0) is 14.3 Å². The topological polar surface area (TPSA) is 114 Å². The van der Waals surface area contributed by atoms with Gasteiger partial charge in [0.2, 0.25) is 5.76 Å². The summed E-state index contributed by atoms with van der Waals surface area (Å²) in [7, 11) is 0. The molecular formula is C26H29FO7S. The van der Waals surface area contributed by atoms with E-state index in [9.17, 15) is 24.0 Å². The molecule has 0 bridgehead atoms. The Morgan fingerprint density at radius 3 is 2.63 bits per heavy atom. The predicted octanol–water partition coefficient (Wildman–Crippen LogP) is 5.44. The number of furan rings is 1. The maximum absolute atomic E-state index is 17.2. The molecule has 2 unspecified atom stereocenters. The lowest BCUT2D eigenvalue weighted by molar-refractivity contribution is -0.183. The minimum atomic E-state index is -1.88. The van der Waals surface area contributed by atoms with Crippen molar-refractivity contribution in [1.82, 2.24) is 0 Å². The fourth-order valence-electron chi connectivity index (χ4n) is 7.88. The second-order valence-electron chi connectivity index (χ2n) is 10.9. The number of fused-ring (bicyclic) bond motifs is 5. The number of esters is 1. The predicted molar refractivity (Wildman–Crippen MR) is 125 cm³/mol. The molecule has 3 saturated carbocycles. The van der Waals surface area contributed by atoms with Gasteiger partial charge in [0, 0.05) is 17.4 Å². The van der Waals surface area contributed by atoms with Gasteiger partial charge in [0.05, 0.1) is 23.7 Å². The normalized spacial score (nSPS) is 42.3. The Labute approximate surface area is 207 Å². The van der Waals surface area contributed by atoms with E-state index in [1.807, 2.05) is 6.92 Å². The van der Waals surface area contributed by atoms with Gasteiger partial charge in [0.15, 0.2) is 11.4 Å². The lowest BCUT2D eigenvalue weighted by Crippen LogP contribution is -2.66. The zero-order valence-corrected chi connectivity index (χ0v) is 20.7. The first-order chi connectivity index (χ1) is 16.5. The minimum Gasteiger partial charge on any atom is -0.508 e. The van der Waals surface area contributed by atoms with Gasteiger partial charge in [-0.15, -0.1) is 0 Å². The smallest absolute Gasteiger partial charge is 0.375 e. The second-order valence-corrected chi connectivity index (χ2v) is 11.4. The number of carbonyl (C=O) groups is 3. The monoisotopic (exact) mass is 504 g/mol. The van der Waals surface area contributed by atoms with Crippen molar-refractivity contribution in [1.29, 1.82) is 0 Å². The van der Waals surface area contributed by atoms with Crippen LogP contribution in [0, 0.1) is 28.6 Å². The van der Waals surface area contributed by atoms with Crippen molar-refractivity contribution in [2.24, 2.45) is 28.6 Å². The molecule has 1 aromatic heterocycles. The lowest BCUT2D eigenvalue weighted by atomic mass is 9.45. The Morgan fingerprint density at radius 2 is 1.97 bits per heavy atom. The molecular weight excluding hydrogens is 475 g/mol. The Hall–Kier alpha value is -2.39. The molecule has 35 heavy (non-hydrogen) atoms. The highest BCUT2D eigenvalue weighted by Crippen LogP contribution is 2.71. The summed E-state index contributed by atoms with van der Waals surface area (Å²) in [6.07, 6.45) is 5.37. The second kappa shape index (κ2) is 7.80. The van der Waals surface area contributed by atoms with E-state index in [0.717, 1.165) is 6.08 Å². The van der Waals surface area contributed by atoms with Crippen molar-refractivity contribution in [3.05, 3.63) is 47.6 Å². The highest BCUT2D eigenvalue weighted by atomic mass is 32.2. The van der Waals surface area contributed by atoms with Crippen molar-refractivity contribution >= 4 is 28.9 Å². The number of ketones is 1. The van der Waals surface area contributed by atoms with Crippen LogP contribution in [0.3, 0.4) is 0 Å². The van der Waals surface area contributed by atoms with E-state index in [1.165, 1.54) is 24.5 Å². The van der Waals surface area contributed by atoms with Crippen LogP contribution in [0.1, 0.15) is 63.4 Å². The Balaban J connectivity index is 1.58. The summed E-state index contributed by atoms with van der Waals surface area (Å²) in [5.41, 5.74) is -5.35. The van der Waals surface area contributed by atoms with Crippen LogP contribution >= 0.6 is 12.0 Å². The largest absolute Gasteiger partial charge is 0.508 e. The standard InChI is InChI=1S/C26H29FO7S/c1-14-11-18-17-7-6-15-12-16(28)13-20(29)24(15,3)25(17,27)9-8-23(18,2)26(14,22(31)35-32)34-21(30)19-5-4-10-33-19/h4-5,10,12-14,17-18,28,32H,6-9,11H2,1-3H3/t14-,17?,18?,23+,24-,25-,26+/m1/s1. The minimum absolute atomic E-state index is 0.0189. The van der Waals surface area contributed by atoms with Gasteiger partial charge in [0.25, 0.3) is 5.12 Å². The number of hydrogen-bond donors (Lipinski definition) is 2. The van der Waals surface area contributed by atoms with Crippen LogP contribution in [-0.4, -0.2) is 37.8 Å². The van der Waals surface area contributed by atoms with Crippen molar-refractivity contribution in [2.75, 3.05) is 0 Å². The Morgan fingerprint density at radius 1 is 1.23 bits per heavy atom. The van der Waals surface area contributed by atoms with E-state index >= 15 is 4.39 Å². The first-order valence-corrected chi connectivity index (χ1v) is 12.7. The molecule has 0 amide bonds. The summed E-state index contributed by atoms with van der Waals surface area (Å²) in [5, 5.41) is 9.29. The molecule has 0 saturated heterocycles. The number of halogens is 1. The number of aliphatic hydroxyl groups excluding tert-OH is 1. The lowest BCUT2D eigenvalue weighted by Gasteiger charge is -2.60. The van der Waals surface area contributed by atoms with Crippen LogP contribution in [0.2, 0.25) is 0 Å². The van der Waals surface area contributed by atoms with E-state index in [0.29, 0.717) is 24.8 Å². The number of alkyl halides is 1. The molecule has 9 heteroatoms. The summed E-state index contributed by atoms with van der Waals surface area (Å²) in [5.74, 6) is -2.92. The number of rotatable bonds is 3.